The van der Waals surface area contributed by atoms with E-state index in [2.05, 4.69) is 0 Å². The first-order chi connectivity index (χ1) is 7.68. The molecule has 1 fully saturated rings. The van der Waals surface area contributed by atoms with E-state index in [4.69, 9.17) is 0 Å². The monoisotopic (exact) mass is 221 g/mol. The normalized spacial score (nSPS) is 23.2. The Balaban J connectivity index is 2.21. The van der Waals surface area contributed by atoms with Gasteiger partial charge in [0.15, 0.2) is 5.78 Å². The zero-order chi connectivity index (χ0) is 11.5. The molecule has 1 aliphatic rings. The van der Waals surface area contributed by atoms with Gasteiger partial charge in [0.25, 0.3) is 0 Å². The molecule has 1 aliphatic heterocycles. The van der Waals surface area contributed by atoms with Crippen LogP contribution in [0.2, 0.25) is 0 Å². The summed E-state index contributed by atoms with van der Waals surface area (Å²) in [5, 5.41) is 0. The summed E-state index contributed by atoms with van der Waals surface area (Å²) in [6.45, 7) is 2.61. The lowest BCUT2D eigenvalue weighted by Gasteiger charge is -2.25. The SMILES string of the molecule is CC(=O)C(c1ccccc1)N1CCC(F)C1. The second-order valence-corrected chi connectivity index (χ2v) is 4.30. The van der Waals surface area contributed by atoms with E-state index in [1.807, 2.05) is 35.2 Å². The van der Waals surface area contributed by atoms with Gasteiger partial charge >= 0.3 is 0 Å². The maximum atomic E-state index is 13.2. The second kappa shape index (κ2) is 4.74. The molecule has 0 spiro atoms. The zero-order valence-corrected chi connectivity index (χ0v) is 9.40. The first kappa shape index (κ1) is 11.3. The summed E-state index contributed by atoms with van der Waals surface area (Å²) in [6.07, 6.45) is -0.248. The Bertz CT molecular complexity index is 365. The van der Waals surface area contributed by atoms with Crippen molar-refractivity contribution in [3.8, 4) is 0 Å². The number of likely N-dealkylation sites (tertiary alicyclic amines) is 1. The fourth-order valence-electron chi connectivity index (χ4n) is 2.32. The number of alkyl halides is 1. The molecule has 0 bridgehead atoms. The summed E-state index contributed by atoms with van der Waals surface area (Å²) >= 11 is 0. The Morgan fingerprint density at radius 3 is 2.62 bits per heavy atom. The van der Waals surface area contributed by atoms with Crippen LogP contribution in [0.5, 0.6) is 0 Å². The predicted octanol–water partition coefficient (Wildman–Crippen LogP) is 2.36. The van der Waals surface area contributed by atoms with Crippen LogP contribution in [0.15, 0.2) is 30.3 Å². The van der Waals surface area contributed by atoms with Gasteiger partial charge in [-0.3, -0.25) is 9.69 Å². The minimum absolute atomic E-state index is 0.0836. The van der Waals surface area contributed by atoms with Crippen molar-refractivity contribution in [3.05, 3.63) is 35.9 Å². The Morgan fingerprint density at radius 1 is 1.44 bits per heavy atom. The highest BCUT2D eigenvalue weighted by atomic mass is 19.1. The maximum Gasteiger partial charge on any atom is 0.151 e. The number of hydrogen-bond acceptors (Lipinski definition) is 2. The standard InChI is InChI=1S/C13H16FNO/c1-10(16)13(11-5-3-2-4-6-11)15-8-7-12(14)9-15/h2-6,12-13H,7-9H2,1H3. The number of nitrogens with zero attached hydrogens (tertiary/aromatic N) is 1. The van der Waals surface area contributed by atoms with Crippen LogP contribution in [0.3, 0.4) is 0 Å². The molecule has 2 unspecified atom stereocenters. The molecule has 0 aliphatic carbocycles. The van der Waals surface area contributed by atoms with Crippen LogP contribution in [0.25, 0.3) is 0 Å². The molecule has 0 amide bonds. The van der Waals surface area contributed by atoms with Gasteiger partial charge < -0.3 is 0 Å². The molecule has 0 saturated carbocycles. The van der Waals surface area contributed by atoms with E-state index < -0.39 is 6.17 Å². The van der Waals surface area contributed by atoms with Crippen LogP contribution in [-0.2, 0) is 4.79 Å². The third kappa shape index (κ3) is 2.30. The van der Waals surface area contributed by atoms with Gasteiger partial charge in [-0.05, 0) is 18.9 Å². The van der Waals surface area contributed by atoms with E-state index in [0.717, 1.165) is 5.56 Å². The summed E-state index contributed by atoms with van der Waals surface area (Å²) in [4.78, 5) is 13.6. The average Bonchev–Trinajstić information content (AvgIpc) is 2.66. The van der Waals surface area contributed by atoms with Crippen LogP contribution in [0.4, 0.5) is 4.39 Å². The van der Waals surface area contributed by atoms with Gasteiger partial charge in [-0.15, -0.1) is 0 Å². The lowest BCUT2D eigenvalue weighted by atomic mass is 10.0. The van der Waals surface area contributed by atoms with Crippen LogP contribution >= 0.6 is 0 Å². The molecule has 0 aromatic heterocycles. The number of hydrogen-bond donors (Lipinski definition) is 0. The highest BCUT2D eigenvalue weighted by Crippen LogP contribution is 2.26. The molecular formula is C13H16FNO. The molecule has 1 aromatic rings. The minimum Gasteiger partial charge on any atom is -0.298 e. The van der Waals surface area contributed by atoms with Crippen LogP contribution in [0, 0.1) is 0 Å². The molecule has 1 saturated heterocycles. The maximum absolute atomic E-state index is 13.2. The van der Waals surface area contributed by atoms with E-state index in [-0.39, 0.29) is 11.8 Å². The van der Waals surface area contributed by atoms with Crippen molar-refractivity contribution in [1.29, 1.82) is 0 Å². The van der Waals surface area contributed by atoms with E-state index in [9.17, 15) is 9.18 Å². The van der Waals surface area contributed by atoms with Gasteiger partial charge in [0.1, 0.15) is 6.17 Å². The van der Waals surface area contributed by atoms with Gasteiger partial charge in [0, 0.05) is 13.1 Å². The lowest BCUT2D eigenvalue weighted by Crippen LogP contribution is -2.31. The van der Waals surface area contributed by atoms with Crippen molar-refractivity contribution < 1.29 is 9.18 Å². The molecule has 2 rings (SSSR count). The molecule has 0 radical (unpaired) electrons. The Morgan fingerprint density at radius 2 is 2.12 bits per heavy atom. The number of carbonyl (C=O) groups excluding carboxylic acids is 1. The smallest absolute Gasteiger partial charge is 0.151 e. The lowest BCUT2D eigenvalue weighted by molar-refractivity contribution is -0.122. The molecule has 0 N–H and O–H groups in total. The predicted molar refractivity (Wildman–Crippen MR) is 61.0 cm³/mol. The van der Waals surface area contributed by atoms with E-state index in [0.29, 0.717) is 19.5 Å². The number of halogens is 1. The summed E-state index contributed by atoms with van der Waals surface area (Å²) in [5.74, 6) is 0.0836. The molecule has 86 valence electrons. The van der Waals surface area contributed by atoms with Gasteiger partial charge in [-0.25, -0.2) is 4.39 Å². The van der Waals surface area contributed by atoms with Gasteiger partial charge in [0.05, 0.1) is 6.04 Å². The van der Waals surface area contributed by atoms with Crippen molar-refractivity contribution in [2.24, 2.45) is 0 Å². The molecule has 1 aromatic carbocycles. The highest BCUT2D eigenvalue weighted by Gasteiger charge is 2.31. The molecule has 2 atom stereocenters. The Labute approximate surface area is 95.1 Å². The summed E-state index contributed by atoms with van der Waals surface area (Å²) in [6, 6.07) is 9.32. The van der Waals surface area contributed by atoms with E-state index in [1.165, 1.54) is 0 Å². The second-order valence-electron chi connectivity index (χ2n) is 4.30. The van der Waals surface area contributed by atoms with Crippen molar-refractivity contribution in [2.45, 2.75) is 25.6 Å². The largest absolute Gasteiger partial charge is 0.298 e. The summed E-state index contributed by atoms with van der Waals surface area (Å²) in [5.41, 5.74) is 0.962. The van der Waals surface area contributed by atoms with Crippen LogP contribution in [-0.4, -0.2) is 29.9 Å². The first-order valence-corrected chi connectivity index (χ1v) is 5.62. The van der Waals surface area contributed by atoms with Crippen molar-refractivity contribution >= 4 is 5.78 Å². The Hall–Kier alpha value is -1.22. The van der Waals surface area contributed by atoms with Gasteiger partial charge in [0.2, 0.25) is 0 Å². The Kier molecular flexibility index (Phi) is 3.34. The number of carbonyl (C=O) groups is 1. The number of rotatable bonds is 3. The fraction of sp³-hybridized carbons (Fsp3) is 0.462. The van der Waals surface area contributed by atoms with Crippen molar-refractivity contribution in [1.82, 2.24) is 4.90 Å². The van der Waals surface area contributed by atoms with Crippen molar-refractivity contribution in [2.75, 3.05) is 13.1 Å². The van der Waals surface area contributed by atoms with Gasteiger partial charge in [-0.2, -0.15) is 0 Å². The quantitative estimate of drug-likeness (QED) is 0.781. The van der Waals surface area contributed by atoms with E-state index in [1.54, 1.807) is 6.92 Å². The number of Topliss-reactive ketones (excluding diaryl/α,β-unsaturated/α-hetero) is 1. The molecule has 16 heavy (non-hydrogen) atoms. The number of ketones is 1. The average molecular weight is 221 g/mol. The zero-order valence-electron chi connectivity index (χ0n) is 9.40. The molecule has 3 heteroatoms. The third-order valence-corrected chi connectivity index (χ3v) is 3.03. The van der Waals surface area contributed by atoms with Crippen LogP contribution < -0.4 is 0 Å². The molecule has 2 nitrogen and oxygen atoms in total. The van der Waals surface area contributed by atoms with Gasteiger partial charge in [-0.1, -0.05) is 30.3 Å². The van der Waals surface area contributed by atoms with E-state index >= 15 is 0 Å². The fourth-order valence-corrected chi connectivity index (χ4v) is 2.32. The van der Waals surface area contributed by atoms with Crippen LogP contribution in [0.1, 0.15) is 24.9 Å². The topological polar surface area (TPSA) is 20.3 Å². The molecule has 1 heterocycles. The minimum atomic E-state index is -0.787. The number of benzene rings is 1. The molecular weight excluding hydrogens is 205 g/mol. The highest BCUT2D eigenvalue weighted by molar-refractivity contribution is 5.82. The van der Waals surface area contributed by atoms with Crippen molar-refractivity contribution in [3.63, 3.8) is 0 Å². The first-order valence-electron chi connectivity index (χ1n) is 5.62. The summed E-state index contributed by atoms with van der Waals surface area (Å²) in [7, 11) is 0. The summed E-state index contributed by atoms with van der Waals surface area (Å²) < 4.78 is 13.2. The third-order valence-electron chi connectivity index (χ3n) is 3.03.